The van der Waals surface area contributed by atoms with E-state index in [2.05, 4.69) is 24.9 Å². The van der Waals surface area contributed by atoms with Gasteiger partial charge in [-0.1, -0.05) is 4.49 Å². The van der Waals surface area contributed by atoms with Gasteiger partial charge in [-0.25, -0.2) is 0 Å². The van der Waals surface area contributed by atoms with Gasteiger partial charge in [0.2, 0.25) is 0 Å². The SMILES string of the molecule is Cc1nnsc1C(=O)Nc1cnn(CCN(C)C)c1. The molecule has 8 heteroatoms. The Bertz CT molecular complexity index is 561. The summed E-state index contributed by atoms with van der Waals surface area (Å²) < 4.78 is 5.54. The molecular formula is C11H16N6OS. The number of carbonyl (C=O) groups excluding carboxylic acids is 1. The number of amides is 1. The van der Waals surface area contributed by atoms with E-state index in [0.29, 0.717) is 16.3 Å². The number of aryl methyl sites for hydroxylation is 1. The van der Waals surface area contributed by atoms with Gasteiger partial charge in [-0.15, -0.1) is 5.10 Å². The van der Waals surface area contributed by atoms with Crippen LogP contribution in [0, 0.1) is 6.92 Å². The predicted octanol–water partition coefficient (Wildman–Crippen LogP) is 0.857. The second kappa shape index (κ2) is 5.89. The number of hydrogen-bond acceptors (Lipinski definition) is 6. The maximum atomic E-state index is 11.9. The Morgan fingerprint density at radius 1 is 1.53 bits per heavy atom. The van der Waals surface area contributed by atoms with Gasteiger partial charge < -0.3 is 10.2 Å². The van der Waals surface area contributed by atoms with Gasteiger partial charge in [0.25, 0.3) is 5.91 Å². The van der Waals surface area contributed by atoms with E-state index in [4.69, 9.17) is 0 Å². The standard InChI is InChI=1S/C11H16N6OS/c1-8-10(19-15-14-8)11(18)13-9-6-12-17(7-9)5-4-16(2)3/h6-7H,4-5H2,1-3H3,(H,13,18). The predicted molar refractivity (Wildman–Crippen MR) is 73.4 cm³/mol. The van der Waals surface area contributed by atoms with Crippen molar-refractivity contribution in [1.82, 2.24) is 24.3 Å². The largest absolute Gasteiger partial charge is 0.318 e. The molecule has 7 nitrogen and oxygen atoms in total. The zero-order valence-electron chi connectivity index (χ0n) is 11.1. The highest BCUT2D eigenvalue weighted by Gasteiger charge is 2.13. The van der Waals surface area contributed by atoms with Gasteiger partial charge in [0, 0.05) is 12.7 Å². The lowest BCUT2D eigenvalue weighted by Crippen LogP contribution is -2.18. The maximum absolute atomic E-state index is 11.9. The first-order valence-electron chi connectivity index (χ1n) is 5.84. The van der Waals surface area contributed by atoms with Gasteiger partial charge >= 0.3 is 0 Å². The van der Waals surface area contributed by atoms with E-state index in [1.165, 1.54) is 0 Å². The number of anilines is 1. The summed E-state index contributed by atoms with van der Waals surface area (Å²) in [6.07, 6.45) is 3.45. The molecule has 0 fully saturated rings. The molecule has 1 amide bonds. The number of likely N-dealkylation sites (N-methyl/N-ethyl adjacent to an activating group) is 1. The highest BCUT2D eigenvalue weighted by Crippen LogP contribution is 2.13. The van der Waals surface area contributed by atoms with Crippen LogP contribution in [0.3, 0.4) is 0 Å². The molecule has 2 aromatic rings. The Kier molecular flexibility index (Phi) is 4.23. The first-order chi connectivity index (χ1) is 9.06. The van der Waals surface area contributed by atoms with Crippen molar-refractivity contribution in [2.45, 2.75) is 13.5 Å². The van der Waals surface area contributed by atoms with Gasteiger partial charge in [-0.2, -0.15) is 5.10 Å². The van der Waals surface area contributed by atoms with E-state index in [-0.39, 0.29) is 5.91 Å². The topological polar surface area (TPSA) is 75.9 Å². The lowest BCUT2D eigenvalue weighted by Gasteiger charge is -2.08. The summed E-state index contributed by atoms with van der Waals surface area (Å²) in [6.45, 7) is 3.44. The molecular weight excluding hydrogens is 264 g/mol. The maximum Gasteiger partial charge on any atom is 0.269 e. The molecule has 0 aliphatic carbocycles. The van der Waals surface area contributed by atoms with Crippen LogP contribution < -0.4 is 5.32 Å². The van der Waals surface area contributed by atoms with Crippen LogP contribution in [0.25, 0.3) is 0 Å². The summed E-state index contributed by atoms with van der Waals surface area (Å²) in [5, 5.41) is 10.8. The number of rotatable bonds is 5. The minimum Gasteiger partial charge on any atom is -0.318 e. The Morgan fingerprint density at radius 3 is 2.95 bits per heavy atom. The number of nitrogens with one attached hydrogen (secondary N) is 1. The van der Waals surface area contributed by atoms with E-state index in [1.54, 1.807) is 17.8 Å². The van der Waals surface area contributed by atoms with Crippen LogP contribution in [0.15, 0.2) is 12.4 Å². The summed E-state index contributed by atoms with van der Waals surface area (Å²) >= 11 is 1.09. The van der Waals surface area contributed by atoms with Crippen molar-refractivity contribution in [3.8, 4) is 0 Å². The van der Waals surface area contributed by atoms with Crippen molar-refractivity contribution < 1.29 is 4.79 Å². The highest BCUT2D eigenvalue weighted by atomic mass is 32.1. The zero-order valence-corrected chi connectivity index (χ0v) is 11.9. The Morgan fingerprint density at radius 2 is 2.32 bits per heavy atom. The quantitative estimate of drug-likeness (QED) is 0.879. The molecule has 0 aliphatic heterocycles. The van der Waals surface area contributed by atoms with Crippen LogP contribution in [0.2, 0.25) is 0 Å². The number of hydrogen-bond donors (Lipinski definition) is 1. The Hall–Kier alpha value is -1.80. The van der Waals surface area contributed by atoms with Crippen molar-refractivity contribution in [2.75, 3.05) is 26.0 Å². The van der Waals surface area contributed by atoms with Crippen LogP contribution in [0.5, 0.6) is 0 Å². The minimum absolute atomic E-state index is 0.195. The van der Waals surface area contributed by atoms with Gasteiger partial charge in [-0.05, 0) is 32.6 Å². The van der Waals surface area contributed by atoms with Crippen molar-refractivity contribution in [3.63, 3.8) is 0 Å². The van der Waals surface area contributed by atoms with Crippen LogP contribution in [0.1, 0.15) is 15.4 Å². The van der Waals surface area contributed by atoms with Crippen LogP contribution in [-0.2, 0) is 6.54 Å². The monoisotopic (exact) mass is 280 g/mol. The average Bonchev–Trinajstić information content (AvgIpc) is 2.95. The van der Waals surface area contributed by atoms with Gasteiger partial charge in [-0.3, -0.25) is 9.48 Å². The molecule has 0 aromatic carbocycles. The van der Waals surface area contributed by atoms with Crippen molar-refractivity contribution in [2.24, 2.45) is 0 Å². The molecule has 19 heavy (non-hydrogen) atoms. The third-order valence-electron chi connectivity index (χ3n) is 2.53. The van der Waals surface area contributed by atoms with Crippen molar-refractivity contribution in [3.05, 3.63) is 23.0 Å². The zero-order chi connectivity index (χ0) is 13.8. The normalized spacial score (nSPS) is 10.9. The van der Waals surface area contributed by atoms with Crippen molar-refractivity contribution >= 4 is 23.1 Å². The van der Waals surface area contributed by atoms with E-state index in [1.807, 2.05) is 20.3 Å². The molecule has 0 atom stereocenters. The molecule has 1 N–H and O–H groups in total. The third-order valence-corrected chi connectivity index (χ3v) is 3.35. The van der Waals surface area contributed by atoms with Crippen molar-refractivity contribution in [1.29, 1.82) is 0 Å². The summed E-state index contributed by atoms with van der Waals surface area (Å²) in [5.41, 5.74) is 1.32. The summed E-state index contributed by atoms with van der Waals surface area (Å²) in [4.78, 5) is 14.5. The van der Waals surface area contributed by atoms with Gasteiger partial charge in [0.05, 0.1) is 24.1 Å². The molecule has 0 bridgehead atoms. The number of aromatic nitrogens is 4. The average molecular weight is 280 g/mol. The lowest BCUT2D eigenvalue weighted by molar-refractivity contribution is 0.103. The molecule has 2 aromatic heterocycles. The summed E-state index contributed by atoms with van der Waals surface area (Å²) in [6, 6.07) is 0. The van der Waals surface area contributed by atoms with E-state index >= 15 is 0 Å². The van der Waals surface area contributed by atoms with Gasteiger partial charge in [0.1, 0.15) is 4.88 Å². The molecule has 2 rings (SSSR count). The molecule has 0 radical (unpaired) electrons. The van der Waals surface area contributed by atoms with E-state index < -0.39 is 0 Å². The molecule has 0 saturated heterocycles. The van der Waals surface area contributed by atoms with Crippen LogP contribution in [0.4, 0.5) is 5.69 Å². The van der Waals surface area contributed by atoms with E-state index in [9.17, 15) is 4.79 Å². The summed E-state index contributed by atoms with van der Waals surface area (Å²) in [5.74, 6) is -0.195. The fourth-order valence-corrected chi connectivity index (χ4v) is 2.03. The smallest absolute Gasteiger partial charge is 0.269 e. The molecule has 2 heterocycles. The third kappa shape index (κ3) is 3.58. The summed E-state index contributed by atoms with van der Waals surface area (Å²) in [7, 11) is 4.01. The Balaban J connectivity index is 1.96. The highest BCUT2D eigenvalue weighted by molar-refractivity contribution is 7.08. The number of carbonyl (C=O) groups is 1. The first kappa shape index (κ1) is 13.6. The van der Waals surface area contributed by atoms with Crippen LogP contribution >= 0.6 is 11.5 Å². The molecule has 0 saturated carbocycles. The minimum atomic E-state index is -0.195. The second-order valence-electron chi connectivity index (χ2n) is 4.44. The van der Waals surface area contributed by atoms with Gasteiger partial charge in [0.15, 0.2) is 0 Å². The lowest BCUT2D eigenvalue weighted by atomic mass is 10.3. The fraction of sp³-hybridized carbons (Fsp3) is 0.455. The Labute approximate surface area is 115 Å². The van der Waals surface area contributed by atoms with Crippen LogP contribution in [-0.4, -0.2) is 50.8 Å². The second-order valence-corrected chi connectivity index (χ2v) is 5.19. The number of nitrogens with zero attached hydrogens (tertiary/aromatic N) is 5. The molecule has 0 unspecified atom stereocenters. The molecule has 0 aliphatic rings. The van der Waals surface area contributed by atoms with E-state index in [0.717, 1.165) is 24.6 Å². The first-order valence-corrected chi connectivity index (χ1v) is 6.61. The fourth-order valence-electron chi connectivity index (χ4n) is 1.48. The molecule has 102 valence electrons. The molecule has 0 spiro atoms.